The lowest BCUT2D eigenvalue weighted by Gasteiger charge is -2.15. The number of aryl methyl sites for hydroxylation is 1. The van der Waals surface area contributed by atoms with E-state index in [1.54, 1.807) is 0 Å². The summed E-state index contributed by atoms with van der Waals surface area (Å²) in [5.41, 5.74) is 4.04. The molecule has 0 bridgehead atoms. The molecule has 5 heteroatoms. The normalized spacial score (nSPS) is 16.9. The summed E-state index contributed by atoms with van der Waals surface area (Å²) >= 11 is 0. The zero-order chi connectivity index (χ0) is 19.8. The van der Waals surface area contributed by atoms with Gasteiger partial charge in [-0.2, -0.15) is 5.10 Å². The molecule has 3 aromatic rings. The van der Waals surface area contributed by atoms with E-state index in [9.17, 15) is 4.79 Å². The maximum atomic E-state index is 12.5. The summed E-state index contributed by atoms with van der Waals surface area (Å²) in [5, 5.41) is 17.4. The summed E-state index contributed by atoms with van der Waals surface area (Å²) in [6, 6.07) is 13.2. The van der Waals surface area contributed by atoms with Crippen LogP contribution in [-0.2, 0) is 0 Å². The average Bonchev–Trinajstić information content (AvgIpc) is 3.40. The van der Waals surface area contributed by atoms with Crippen LogP contribution in [0, 0.1) is 6.92 Å². The van der Waals surface area contributed by atoms with Gasteiger partial charge in [0.25, 0.3) is 5.91 Å². The van der Waals surface area contributed by atoms with Crippen molar-refractivity contribution in [1.29, 1.82) is 0 Å². The van der Waals surface area contributed by atoms with Crippen LogP contribution in [0.15, 0.2) is 42.6 Å². The zero-order valence-electron chi connectivity index (χ0n) is 16.7. The third-order valence-electron chi connectivity index (χ3n) is 6.08. The topological polar surface area (TPSA) is 66.9 Å². The fourth-order valence-electron chi connectivity index (χ4n) is 4.20. The van der Waals surface area contributed by atoms with Gasteiger partial charge in [-0.15, -0.1) is 5.10 Å². The number of amides is 1. The maximum Gasteiger partial charge on any atom is 0.251 e. The molecule has 1 amide bonds. The van der Waals surface area contributed by atoms with Gasteiger partial charge in [-0.05, 0) is 73.6 Å². The van der Waals surface area contributed by atoms with E-state index in [0.717, 1.165) is 46.1 Å². The Kier molecular flexibility index (Phi) is 4.66. The fraction of sp³-hybridized carbons (Fsp3) is 0.375. The first-order valence-corrected chi connectivity index (χ1v) is 10.6. The van der Waals surface area contributed by atoms with Gasteiger partial charge in [-0.3, -0.25) is 4.79 Å². The minimum absolute atomic E-state index is 0.0171. The third-order valence-corrected chi connectivity index (χ3v) is 6.08. The molecule has 2 aliphatic rings. The summed E-state index contributed by atoms with van der Waals surface area (Å²) in [7, 11) is 0. The van der Waals surface area contributed by atoms with Crippen molar-refractivity contribution < 1.29 is 4.79 Å². The Balaban J connectivity index is 1.47. The largest absolute Gasteiger partial charge is 0.365 e. The molecule has 1 heterocycles. The summed E-state index contributed by atoms with van der Waals surface area (Å²) in [4.78, 5) is 12.5. The van der Waals surface area contributed by atoms with Gasteiger partial charge in [0.2, 0.25) is 0 Å². The van der Waals surface area contributed by atoms with Crippen molar-refractivity contribution in [3.8, 4) is 11.1 Å². The fourth-order valence-corrected chi connectivity index (χ4v) is 4.20. The van der Waals surface area contributed by atoms with Crippen molar-refractivity contribution in [1.82, 2.24) is 15.5 Å². The van der Waals surface area contributed by atoms with Crippen LogP contribution in [0.5, 0.6) is 0 Å². The number of carbonyl (C=O) groups excluding carboxylic acids is 1. The maximum absolute atomic E-state index is 12.5. The quantitative estimate of drug-likeness (QED) is 0.658. The number of hydrogen-bond acceptors (Lipinski definition) is 4. The lowest BCUT2D eigenvalue weighted by atomic mass is 9.96. The Morgan fingerprint density at radius 2 is 1.83 bits per heavy atom. The summed E-state index contributed by atoms with van der Waals surface area (Å²) in [6.45, 7) is 2.08. The number of rotatable bonds is 5. The van der Waals surface area contributed by atoms with Gasteiger partial charge in [0.1, 0.15) is 0 Å². The lowest BCUT2D eigenvalue weighted by molar-refractivity contribution is 0.0951. The summed E-state index contributed by atoms with van der Waals surface area (Å²) in [6.07, 6.45) is 8.96. The van der Waals surface area contributed by atoms with Gasteiger partial charge in [0.05, 0.1) is 6.20 Å². The highest BCUT2D eigenvalue weighted by molar-refractivity contribution is 5.97. The average molecular weight is 386 g/mol. The van der Waals surface area contributed by atoms with Crippen LogP contribution in [0.25, 0.3) is 21.9 Å². The Labute approximate surface area is 170 Å². The van der Waals surface area contributed by atoms with Crippen molar-refractivity contribution >= 4 is 22.5 Å². The molecule has 1 aromatic heterocycles. The van der Waals surface area contributed by atoms with Crippen LogP contribution >= 0.6 is 0 Å². The van der Waals surface area contributed by atoms with Crippen molar-refractivity contribution in [2.45, 2.75) is 57.5 Å². The SMILES string of the molecule is Cc1ccc(C(=O)NC2CC2)cc1-c1ccc2c(NC3CCCC3)nncc2c1. The van der Waals surface area contributed by atoms with Gasteiger partial charge >= 0.3 is 0 Å². The van der Waals surface area contributed by atoms with Gasteiger partial charge in [-0.25, -0.2) is 0 Å². The van der Waals surface area contributed by atoms with Crippen molar-refractivity contribution in [3.63, 3.8) is 0 Å². The molecule has 0 spiro atoms. The van der Waals surface area contributed by atoms with Crippen LogP contribution in [0.1, 0.15) is 54.4 Å². The third kappa shape index (κ3) is 3.82. The minimum atomic E-state index is 0.0171. The Morgan fingerprint density at radius 1 is 1.00 bits per heavy atom. The second kappa shape index (κ2) is 7.47. The molecule has 29 heavy (non-hydrogen) atoms. The number of fused-ring (bicyclic) bond motifs is 1. The molecular weight excluding hydrogens is 360 g/mol. The highest BCUT2D eigenvalue weighted by Gasteiger charge is 2.24. The molecule has 0 saturated heterocycles. The molecule has 5 rings (SSSR count). The van der Waals surface area contributed by atoms with E-state index in [0.29, 0.717) is 17.6 Å². The van der Waals surface area contributed by atoms with E-state index in [2.05, 4.69) is 46.0 Å². The van der Waals surface area contributed by atoms with E-state index >= 15 is 0 Å². The molecule has 0 unspecified atom stereocenters. The first kappa shape index (κ1) is 18.1. The summed E-state index contributed by atoms with van der Waals surface area (Å²) < 4.78 is 0. The lowest BCUT2D eigenvalue weighted by Crippen LogP contribution is -2.25. The van der Waals surface area contributed by atoms with Crippen molar-refractivity contribution in [2.75, 3.05) is 5.32 Å². The molecule has 0 aliphatic heterocycles. The molecule has 2 N–H and O–H groups in total. The Bertz CT molecular complexity index is 1070. The number of nitrogens with one attached hydrogen (secondary N) is 2. The molecule has 2 aliphatic carbocycles. The van der Waals surface area contributed by atoms with Crippen molar-refractivity contribution in [3.05, 3.63) is 53.7 Å². The van der Waals surface area contributed by atoms with E-state index < -0.39 is 0 Å². The molecule has 2 fully saturated rings. The van der Waals surface area contributed by atoms with E-state index in [1.807, 2.05) is 24.4 Å². The minimum Gasteiger partial charge on any atom is -0.365 e. The van der Waals surface area contributed by atoms with Crippen molar-refractivity contribution in [2.24, 2.45) is 0 Å². The predicted octanol–water partition coefficient (Wildman–Crippen LogP) is 4.85. The number of aromatic nitrogens is 2. The van der Waals surface area contributed by atoms with Crippen LogP contribution in [0.3, 0.4) is 0 Å². The van der Waals surface area contributed by atoms with Gasteiger partial charge in [0.15, 0.2) is 5.82 Å². The smallest absolute Gasteiger partial charge is 0.251 e. The second-order valence-corrected chi connectivity index (χ2v) is 8.40. The van der Waals surface area contributed by atoms with Gasteiger partial charge in [-0.1, -0.05) is 25.0 Å². The monoisotopic (exact) mass is 386 g/mol. The molecule has 2 aromatic carbocycles. The summed E-state index contributed by atoms with van der Waals surface area (Å²) in [5.74, 6) is 0.888. The number of carbonyl (C=O) groups is 1. The molecule has 5 nitrogen and oxygen atoms in total. The standard InChI is InChI=1S/C24H26N4O/c1-15-6-7-17(24(29)27-20-9-10-20)13-22(15)16-8-11-21-18(12-16)14-25-28-23(21)26-19-4-2-3-5-19/h6-8,11-14,19-20H,2-5,9-10H2,1H3,(H,26,28)(H,27,29). The van der Waals surface area contributed by atoms with Gasteiger partial charge < -0.3 is 10.6 Å². The van der Waals surface area contributed by atoms with Crippen LogP contribution in [0.2, 0.25) is 0 Å². The van der Waals surface area contributed by atoms with E-state index in [1.165, 1.54) is 25.7 Å². The highest BCUT2D eigenvalue weighted by atomic mass is 16.1. The van der Waals surface area contributed by atoms with Crippen LogP contribution in [-0.4, -0.2) is 28.2 Å². The van der Waals surface area contributed by atoms with E-state index in [4.69, 9.17) is 0 Å². The number of benzene rings is 2. The Hall–Kier alpha value is -2.95. The van der Waals surface area contributed by atoms with Crippen LogP contribution < -0.4 is 10.6 Å². The van der Waals surface area contributed by atoms with E-state index in [-0.39, 0.29) is 5.91 Å². The number of nitrogens with zero attached hydrogens (tertiary/aromatic N) is 2. The van der Waals surface area contributed by atoms with Gasteiger partial charge in [0, 0.05) is 28.4 Å². The number of hydrogen-bond donors (Lipinski definition) is 2. The number of anilines is 1. The Morgan fingerprint density at radius 3 is 2.62 bits per heavy atom. The molecule has 2 saturated carbocycles. The first-order chi connectivity index (χ1) is 14.2. The second-order valence-electron chi connectivity index (χ2n) is 8.40. The first-order valence-electron chi connectivity index (χ1n) is 10.6. The molecule has 0 atom stereocenters. The predicted molar refractivity (Wildman–Crippen MR) is 116 cm³/mol. The zero-order valence-corrected chi connectivity index (χ0v) is 16.7. The van der Waals surface area contributed by atoms with Crippen LogP contribution in [0.4, 0.5) is 5.82 Å². The molecule has 0 radical (unpaired) electrons. The molecular formula is C24H26N4O. The molecule has 148 valence electrons. The highest BCUT2D eigenvalue weighted by Crippen LogP contribution is 2.31.